The zero-order valence-corrected chi connectivity index (χ0v) is 16.3. The lowest BCUT2D eigenvalue weighted by Gasteiger charge is -2.29. The largest absolute Gasteiger partial charge is 0.462 e. The van der Waals surface area contributed by atoms with Crippen LogP contribution >= 0.6 is 45.2 Å². The van der Waals surface area contributed by atoms with Crippen LogP contribution < -0.4 is 0 Å². The summed E-state index contributed by atoms with van der Waals surface area (Å²) in [5.41, 5.74) is 0. The van der Waals surface area contributed by atoms with E-state index in [1.165, 1.54) is 0 Å². The first-order valence-corrected chi connectivity index (χ1v) is 9.66. The van der Waals surface area contributed by atoms with Crippen LogP contribution in [0, 0.1) is 0 Å². The van der Waals surface area contributed by atoms with Crippen LogP contribution in [0.5, 0.6) is 0 Å². The molecule has 20 heavy (non-hydrogen) atoms. The monoisotopic (exact) mass is 508 g/mol. The zero-order valence-electron chi connectivity index (χ0n) is 11.9. The first kappa shape index (κ1) is 18.4. The maximum atomic E-state index is 11.7. The quantitative estimate of drug-likeness (QED) is 0.311. The van der Waals surface area contributed by atoms with E-state index >= 15 is 0 Å². The molecular weight excluding hydrogens is 486 g/mol. The van der Waals surface area contributed by atoms with Crippen molar-refractivity contribution in [2.45, 2.75) is 72.4 Å². The van der Waals surface area contributed by atoms with Crippen LogP contribution in [-0.4, -0.2) is 32.0 Å². The number of esters is 2. The van der Waals surface area contributed by atoms with E-state index in [0.29, 0.717) is 0 Å². The number of ether oxygens (including phenoxy) is 2. The van der Waals surface area contributed by atoms with Gasteiger partial charge in [0.15, 0.2) is 0 Å². The van der Waals surface area contributed by atoms with Gasteiger partial charge in [0, 0.05) is 0 Å². The highest BCUT2D eigenvalue weighted by Crippen LogP contribution is 2.25. The number of rotatable bonds is 6. The molecule has 0 saturated heterocycles. The van der Waals surface area contributed by atoms with Crippen LogP contribution in [0.15, 0.2) is 0 Å². The summed E-state index contributed by atoms with van der Waals surface area (Å²) >= 11 is 4.23. The van der Waals surface area contributed by atoms with E-state index in [4.69, 9.17) is 9.47 Å². The van der Waals surface area contributed by atoms with Crippen molar-refractivity contribution in [3.63, 3.8) is 0 Å². The molecule has 0 N–H and O–H groups in total. The molecule has 0 amide bonds. The summed E-state index contributed by atoms with van der Waals surface area (Å²) in [6.07, 6.45) is 4.71. The highest BCUT2D eigenvalue weighted by molar-refractivity contribution is 14.1. The standard InChI is InChI=1S/C14H22I2O4/c1-3-11(15)13(17)19-9-5-7-10(8-6-9)20-14(18)12(16)4-2/h9-12H,3-8H2,1-2H3. The van der Waals surface area contributed by atoms with Crippen LogP contribution in [0.25, 0.3) is 0 Å². The van der Waals surface area contributed by atoms with Gasteiger partial charge in [0.05, 0.1) is 0 Å². The lowest BCUT2D eigenvalue weighted by atomic mass is 9.95. The predicted molar refractivity (Wildman–Crippen MR) is 94.4 cm³/mol. The second-order valence-corrected chi connectivity index (χ2v) is 8.03. The van der Waals surface area contributed by atoms with E-state index in [-0.39, 0.29) is 32.0 Å². The summed E-state index contributed by atoms with van der Waals surface area (Å²) < 4.78 is 10.8. The fraction of sp³-hybridized carbons (Fsp3) is 0.857. The van der Waals surface area contributed by atoms with Crippen LogP contribution in [0.2, 0.25) is 0 Å². The molecule has 6 heteroatoms. The van der Waals surface area contributed by atoms with Gasteiger partial charge in [0.2, 0.25) is 0 Å². The molecule has 0 aliphatic heterocycles. The van der Waals surface area contributed by atoms with E-state index in [1.54, 1.807) is 0 Å². The van der Waals surface area contributed by atoms with Crippen LogP contribution in [0.4, 0.5) is 0 Å². The lowest BCUT2D eigenvalue weighted by Crippen LogP contribution is -2.32. The van der Waals surface area contributed by atoms with Gasteiger partial charge in [-0.15, -0.1) is 0 Å². The average Bonchev–Trinajstić information content (AvgIpc) is 2.47. The van der Waals surface area contributed by atoms with Crippen LogP contribution in [0.3, 0.4) is 0 Å². The number of carbonyl (C=O) groups is 2. The molecule has 0 bridgehead atoms. The molecule has 0 aromatic rings. The topological polar surface area (TPSA) is 52.6 Å². The molecule has 0 heterocycles. The second kappa shape index (κ2) is 9.42. The van der Waals surface area contributed by atoms with Crippen molar-refractivity contribution < 1.29 is 19.1 Å². The second-order valence-electron chi connectivity index (χ2n) is 5.02. The Hall–Kier alpha value is 0.400. The molecule has 1 aliphatic rings. The molecule has 1 fully saturated rings. The van der Waals surface area contributed by atoms with E-state index in [0.717, 1.165) is 38.5 Å². The van der Waals surface area contributed by atoms with E-state index in [1.807, 2.05) is 13.8 Å². The normalized spacial score (nSPS) is 25.6. The van der Waals surface area contributed by atoms with Crippen molar-refractivity contribution in [1.29, 1.82) is 0 Å². The minimum atomic E-state index is -0.119. The fourth-order valence-corrected chi connectivity index (χ4v) is 2.37. The summed E-state index contributed by atoms with van der Waals surface area (Å²) in [5, 5.41) is 0. The summed E-state index contributed by atoms with van der Waals surface area (Å²) in [7, 11) is 0. The number of carbonyl (C=O) groups excluding carboxylic acids is 2. The molecule has 1 rings (SSSR count). The minimum absolute atomic E-state index is 0.0113. The Morgan fingerprint density at radius 2 is 1.20 bits per heavy atom. The third-order valence-electron chi connectivity index (χ3n) is 3.42. The highest BCUT2D eigenvalue weighted by atomic mass is 127. The van der Waals surface area contributed by atoms with Crippen molar-refractivity contribution in [3.05, 3.63) is 0 Å². The number of hydrogen-bond donors (Lipinski definition) is 0. The van der Waals surface area contributed by atoms with E-state index in [9.17, 15) is 9.59 Å². The predicted octanol–water partition coefficient (Wildman–Crippen LogP) is 3.81. The molecule has 116 valence electrons. The van der Waals surface area contributed by atoms with Gasteiger partial charge >= 0.3 is 11.9 Å². The average molecular weight is 508 g/mol. The molecule has 2 atom stereocenters. The molecule has 1 aliphatic carbocycles. The van der Waals surface area contributed by atoms with Gasteiger partial charge < -0.3 is 9.47 Å². The highest BCUT2D eigenvalue weighted by Gasteiger charge is 2.28. The molecular formula is C14H22I2O4. The number of alkyl halides is 2. The Kier molecular flexibility index (Phi) is 8.69. The molecule has 0 aromatic carbocycles. The van der Waals surface area contributed by atoms with Crippen molar-refractivity contribution in [3.8, 4) is 0 Å². The van der Waals surface area contributed by atoms with Crippen LogP contribution in [0.1, 0.15) is 52.4 Å². The van der Waals surface area contributed by atoms with Gasteiger partial charge in [-0.05, 0) is 38.5 Å². The Morgan fingerprint density at radius 1 is 0.900 bits per heavy atom. The lowest BCUT2D eigenvalue weighted by molar-refractivity contribution is -0.157. The van der Waals surface area contributed by atoms with Gasteiger partial charge in [-0.3, -0.25) is 9.59 Å². The third-order valence-corrected chi connectivity index (χ3v) is 6.19. The molecule has 4 nitrogen and oxygen atoms in total. The van der Waals surface area contributed by atoms with E-state index in [2.05, 4.69) is 45.2 Å². The number of halogens is 2. The Bertz CT molecular complexity index is 295. The molecule has 1 saturated carbocycles. The SMILES string of the molecule is CCC(I)C(=O)OC1CCC(OC(=O)C(I)CC)CC1. The van der Waals surface area contributed by atoms with Crippen molar-refractivity contribution in [2.24, 2.45) is 0 Å². The zero-order chi connectivity index (χ0) is 15.1. The summed E-state index contributed by atoms with van der Waals surface area (Å²) in [6.45, 7) is 3.95. The molecule has 2 unspecified atom stereocenters. The van der Waals surface area contributed by atoms with Gasteiger partial charge in [-0.25, -0.2) is 0 Å². The summed E-state index contributed by atoms with van der Waals surface area (Å²) in [4.78, 5) is 23.4. The Balaban J connectivity index is 2.30. The fourth-order valence-electron chi connectivity index (χ4n) is 2.08. The first-order valence-electron chi connectivity index (χ1n) is 7.17. The maximum absolute atomic E-state index is 11.7. The van der Waals surface area contributed by atoms with E-state index < -0.39 is 0 Å². The Morgan fingerprint density at radius 3 is 1.45 bits per heavy atom. The minimum Gasteiger partial charge on any atom is -0.462 e. The first-order chi connectivity index (χ1) is 9.47. The van der Waals surface area contributed by atoms with Gasteiger partial charge in [-0.1, -0.05) is 59.0 Å². The maximum Gasteiger partial charge on any atom is 0.319 e. The smallest absolute Gasteiger partial charge is 0.319 e. The molecule has 0 aromatic heterocycles. The van der Waals surface area contributed by atoms with Crippen molar-refractivity contribution in [2.75, 3.05) is 0 Å². The van der Waals surface area contributed by atoms with Crippen LogP contribution in [-0.2, 0) is 19.1 Å². The molecule has 0 spiro atoms. The van der Waals surface area contributed by atoms with Crippen molar-refractivity contribution in [1.82, 2.24) is 0 Å². The summed E-state index contributed by atoms with van der Waals surface area (Å²) in [5.74, 6) is -0.237. The Labute approximate surface area is 148 Å². The van der Waals surface area contributed by atoms with Gasteiger partial charge in [0.1, 0.15) is 20.1 Å². The number of hydrogen-bond acceptors (Lipinski definition) is 4. The third kappa shape index (κ3) is 6.03. The van der Waals surface area contributed by atoms with Gasteiger partial charge in [0.25, 0.3) is 0 Å². The summed E-state index contributed by atoms with van der Waals surface area (Å²) in [6, 6.07) is 0. The molecule has 0 radical (unpaired) electrons. The van der Waals surface area contributed by atoms with Crippen molar-refractivity contribution >= 4 is 57.1 Å². The van der Waals surface area contributed by atoms with Gasteiger partial charge in [-0.2, -0.15) is 0 Å².